The molecule has 0 spiro atoms. The normalized spacial score (nSPS) is 10.1. The van der Waals surface area contributed by atoms with E-state index in [1.54, 1.807) is 0 Å². The van der Waals surface area contributed by atoms with Gasteiger partial charge in [0.25, 0.3) is 0 Å². The van der Waals surface area contributed by atoms with Gasteiger partial charge in [-0.1, -0.05) is 6.07 Å². The van der Waals surface area contributed by atoms with Crippen LogP contribution in [0.3, 0.4) is 0 Å². The van der Waals surface area contributed by atoms with E-state index in [1.165, 1.54) is 42.5 Å². The first-order valence-corrected chi connectivity index (χ1v) is 5.67. The molecule has 0 fully saturated rings. The van der Waals surface area contributed by atoms with E-state index >= 15 is 0 Å². The molecule has 0 saturated carbocycles. The molecule has 2 aromatic carbocycles. The van der Waals surface area contributed by atoms with Gasteiger partial charge in [-0.15, -0.1) is 0 Å². The highest BCUT2D eigenvalue weighted by Gasteiger charge is 2.18. The molecule has 2 aromatic rings. The quantitative estimate of drug-likeness (QED) is 0.798. The lowest BCUT2D eigenvalue weighted by Gasteiger charge is -2.12. The number of amides is 1. The maximum atomic E-state index is 12.8. The number of carbonyl (C=O) groups excluding carboxylic acids is 1. The zero-order valence-corrected chi connectivity index (χ0v) is 10.3. The van der Waals surface area contributed by atoms with Gasteiger partial charge in [0.15, 0.2) is 0 Å². The Bertz CT molecular complexity index is 669. The third kappa shape index (κ3) is 2.74. The van der Waals surface area contributed by atoms with Crippen LogP contribution in [0, 0.1) is 5.82 Å². The van der Waals surface area contributed by atoms with Crippen molar-refractivity contribution in [2.75, 3.05) is 5.32 Å². The summed E-state index contributed by atoms with van der Waals surface area (Å²) in [6.07, 6.45) is 0. The number of halogens is 1. The molecule has 1 amide bonds. The molecule has 0 aliphatic carbocycles. The molecular formula is C14H11FN2O3. The number of carboxylic acids is 1. The van der Waals surface area contributed by atoms with Gasteiger partial charge in [-0.3, -0.25) is 4.79 Å². The molecule has 5 nitrogen and oxygen atoms in total. The van der Waals surface area contributed by atoms with E-state index in [0.29, 0.717) is 5.69 Å². The standard InChI is InChI=1S/C14H11FN2O3/c15-8-4-6-9(7-5-8)17-11-3-1-2-10(13(16)18)12(11)14(19)20/h1-7,17H,(H2,16,18)(H,19,20). The van der Waals surface area contributed by atoms with Gasteiger partial charge in [0.1, 0.15) is 5.82 Å². The molecule has 2 rings (SSSR count). The Kier molecular flexibility index (Phi) is 3.65. The van der Waals surface area contributed by atoms with Crippen LogP contribution in [0.5, 0.6) is 0 Å². The van der Waals surface area contributed by atoms with Crippen molar-refractivity contribution in [2.24, 2.45) is 5.73 Å². The predicted molar refractivity (Wildman–Crippen MR) is 71.6 cm³/mol. The maximum Gasteiger partial charge on any atom is 0.338 e. The molecule has 102 valence electrons. The van der Waals surface area contributed by atoms with E-state index in [-0.39, 0.29) is 16.8 Å². The van der Waals surface area contributed by atoms with Crippen LogP contribution in [0.2, 0.25) is 0 Å². The second kappa shape index (κ2) is 5.40. The topological polar surface area (TPSA) is 92.4 Å². The summed E-state index contributed by atoms with van der Waals surface area (Å²) < 4.78 is 12.8. The van der Waals surface area contributed by atoms with Crippen molar-refractivity contribution >= 4 is 23.3 Å². The molecular weight excluding hydrogens is 263 g/mol. The first-order chi connectivity index (χ1) is 9.49. The van der Waals surface area contributed by atoms with Crippen molar-refractivity contribution in [3.63, 3.8) is 0 Å². The minimum atomic E-state index is -1.27. The molecule has 0 aromatic heterocycles. The zero-order chi connectivity index (χ0) is 14.7. The average Bonchev–Trinajstić information content (AvgIpc) is 2.40. The lowest BCUT2D eigenvalue weighted by molar-refractivity contribution is 0.0693. The number of primary amides is 1. The fourth-order valence-electron chi connectivity index (χ4n) is 1.78. The zero-order valence-electron chi connectivity index (χ0n) is 10.3. The van der Waals surface area contributed by atoms with Crippen LogP contribution >= 0.6 is 0 Å². The van der Waals surface area contributed by atoms with Crippen molar-refractivity contribution in [2.45, 2.75) is 0 Å². The first-order valence-electron chi connectivity index (χ1n) is 5.67. The number of nitrogens with two attached hydrogens (primary N) is 1. The highest BCUT2D eigenvalue weighted by atomic mass is 19.1. The summed E-state index contributed by atoms with van der Waals surface area (Å²) in [5.41, 5.74) is 5.55. The molecule has 0 radical (unpaired) electrons. The summed E-state index contributed by atoms with van der Waals surface area (Å²) in [6.45, 7) is 0. The van der Waals surface area contributed by atoms with E-state index in [9.17, 15) is 19.1 Å². The van der Waals surface area contributed by atoms with Crippen molar-refractivity contribution in [3.8, 4) is 0 Å². The van der Waals surface area contributed by atoms with Gasteiger partial charge in [-0.2, -0.15) is 0 Å². The molecule has 0 bridgehead atoms. The fraction of sp³-hybridized carbons (Fsp3) is 0. The second-order valence-electron chi connectivity index (χ2n) is 4.03. The van der Waals surface area contributed by atoms with Gasteiger partial charge in [0.05, 0.1) is 16.8 Å². The summed E-state index contributed by atoms with van der Waals surface area (Å²) in [4.78, 5) is 22.5. The Balaban J connectivity index is 2.46. The number of carboxylic acid groups (broad SMARTS) is 1. The molecule has 0 aliphatic rings. The molecule has 6 heteroatoms. The second-order valence-corrected chi connectivity index (χ2v) is 4.03. The maximum absolute atomic E-state index is 12.8. The summed E-state index contributed by atoms with van der Waals surface area (Å²) >= 11 is 0. The molecule has 0 heterocycles. The smallest absolute Gasteiger partial charge is 0.338 e. The fourth-order valence-corrected chi connectivity index (χ4v) is 1.78. The number of benzene rings is 2. The van der Waals surface area contributed by atoms with Gasteiger partial charge in [0.2, 0.25) is 5.91 Å². The summed E-state index contributed by atoms with van der Waals surface area (Å²) in [5, 5.41) is 12.0. The molecule has 4 N–H and O–H groups in total. The van der Waals surface area contributed by atoms with Gasteiger partial charge < -0.3 is 16.2 Å². The van der Waals surface area contributed by atoms with Crippen LogP contribution in [0.25, 0.3) is 0 Å². The van der Waals surface area contributed by atoms with E-state index in [2.05, 4.69) is 5.32 Å². The molecule has 20 heavy (non-hydrogen) atoms. The van der Waals surface area contributed by atoms with Crippen LogP contribution in [-0.2, 0) is 0 Å². The highest BCUT2D eigenvalue weighted by Crippen LogP contribution is 2.24. The average molecular weight is 274 g/mol. The summed E-state index contributed by atoms with van der Waals surface area (Å²) in [6, 6.07) is 9.73. The first kappa shape index (κ1) is 13.5. The summed E-state index contributed by atoms with van der Waals surface area (Å²) in [7, 11) is 0. The SMILES string of the molecule is NC(=O)c1cccc(Nc2ccc(F)cc2)c1C(=O)O. The van der Waals surface area contributed by atoms with Crippen LogP contribution in [0.15, 0.2) is 42.5 Å². The number of hydrogen-bond donors (Lipinski definition) is 3. The number of anilines is 2. The lowest BCUT2D eigenvalue weighted by atomic mass is 10.0. The van der Waals surface area contributed by atoms with Gasteiger partial charge in [-0.05, 0) is 36.4 Å². The van der Waals surface area contributed by atoms with Crippen LogP contribution in [0.4, 0.5) is 15.8 Å². The Labute approximate surface area is 113 Å². The van der Waals surface area contributed by atoms with Crippen LogP contribution in [-0.4, -0.2) is 17.0 Å². The van der Waals surface area contributed by atoms with E-state index in [1.807, 2.05) is 0 Å². The van der Waals surface area contributed by atoms with Crippen molar-refractivity contribution in [1.82, 2.24) is 0 Å². The Morgan fingerprint density at radius 2 is 1.75 bits per heavy atom. The number of hydrogen-bond acceptors (Lipinski definition) is 3. The van der Waals surface area contributed by atoms with Crippen molar-refractivity contribution in [1.29, 1.82) is 0 Å². The van der Waals surface area contributed by atoms with E-state index in [4.69, 9.17) is 5.73 Å². The molecule has 0 unspecified atom stereocenters. The van der Waals surface area contributed by atoms with Gasteiger partial charge in [0, 0.05) is 5.69 Å². The lowest BCUT2D eigenvalue weighted by Crippen LogP contribution is -2.17. The third-order valence-corrected chi connectivity index (χ3v) is 2.67. The third-order valence-electron chi connectivity index (χ3n) is 2.67. The minimum absolute atomic E-state index is 0.0930. The minimum Gasteiger partial charge on any atom is -0.478 e. The number of rotatable bonds is 4. The highest BCUT2D eigenvalue weighted by molar-refractivity contribution is 6.08. The molecule has 0 saturated heterocycles. The molecule has 0 atom stereocenters. The van der Waals surface area contributed by atoms with Gasteiger partial charge in [-0.25, -0.2) is 9.18 Å². The predicted octanol–water partition coefficient (Wildman–Crippen LogP) is 2.37. The Morgan fingerprint density at radius 1 is 1.10 bits per heavy atom. The van der Waals surface area contributed by atoms with Crippen LogP contribution in [0.1, 0.15) is 20.7 Å². The summed E-state index contributed by atoms with van der Waals surface area (Å²) in [5.74, 6) is -2.51. The van der Waals surface area contributed by atoms with E-state index < -0.39 is 17.7 Å². The van der Waals surface area contributed by atoms with Crippen molar-refractivity contribution < 1.29 is 19.1 Å². The molecule has 0 aliphatic heterocycles. The van der Waals surface area contributed by atoms with Crippen LogP contribution < -0.4 is 11.1 Å². The number of nitrogens with one attached hydrogen (secondary N) is 1. The van der Waals surface area contributed by atoms with Gasteiger partial charge >= 0.3 is 5.97 Å². The van der Waals surface area contributed by atoms with E-state index in [0.717, 1.165) is 0 Å². The monoisotopic (exact) mass is 274 g/mol. The van der Waals surface area contributed by atoms with Crippen molar-refractivity contribution in [3.05, 3.63) is 59.4 Å². The largest absolute Gasteiger partial charge is 0.478 e. The Morgan fingerprint density at radius 3 is 2.30 bits per heavy atom. The number of carbonyl (C=O) groups is 2. The number of aromatic carboxylic acids is 1. The Hall–Kier alpha value is -2.89.